The van der Waals surface area contributed by atoms with Gasteiger partial charge in [0.05, 0.1) is 22.9 Å². The van der Waals surface area contributed by atoms with E-state index in [4.69, 9.17) is 0 Å². The molecule has 0 unspecified atom stereocenters. The second kappa shape index (κ2) is 5.58. The maximum absolute atomic E-state index is 13.7. The zero-order valence-corrected chi connectivity index (χ0v) is 12.4. The van der Waals surface area contributed by atoms with Crippen LogP contribution in [-0.2, 0) is 0 Å². The summed E-state index contributed by atoms with van der Waals surface area (Å²) < 4.78 is 27.0. The third-order valence-electron chi connectivity index (χ3n) is 3.39. The normalized spacial score (nSPS) is 12.7. The standard InChI is InChI=1S/C15H12F2N2O2S/c1-2-12(20)11-6-22-15(19-11)14(21)9-5-18-13-8(9)3-7(16)4-10(13)17/h3-6,12,18,20H,2H2,1H3/t12-/m1/s1. The van der Waals surface area contributed by atoms with Crippen LogP contribution in [0.25, 0.3) is 10.9 Å². The number of carbonyl (C=O) groups excluding carboxylic acids is 1. The molecular weight excluding hydrogens is 310 g/mol. The molecule has 22 heavy (non-hydrogen) atoms. The maximum Gasteiger partial charge on any atom is 0.223 e. The number of ketones is 1. The van der Waals surface area contributed by atoms with Gasteiger partial charge in [-0.2, -0.15) is 0 Å². The number of aliphatic hydroxyl groups excluding tert-OH is 1. The molecule has 3 rings (SSSR count). The first-order valence-electron chi connectivity index (χ1n) is 6.65. The van der Waals surface area contributed by atoms with Gasteiger partial charge < -0.3 is 10.1 Å². The van der Waals surface area contributed by atoms with E-state index in [1.165, 1.54) is 6.20 Å². The summed E-state index contributed by atoms with van der Waals surface area (Å²) in [6.45, 7) is 1.80. The third-order valence-corrected chi connectivity index (χ3v) is 4.25. The van der Waals surface area contributed by atoms with Gasteiger partial charge in [-0.05, 0) is 12.5 Å². The van der Waals surface area contributed by atoms with Gasteiger partial charge in [0.25, 0.3) is 0 Å². The number of hydrogen-bond acceptors (Lipinski definition) is 4. The lowest BCUT2D eigenvalue weighted by Gasteiger charge is -2.01. The summed E-state index contributed by atoms with van der Waals surface area (Å²) in [4.78, 5) is 19.2. The van der Waals surface area contributed by atoms with Gasteiger partial charge in [0.15, 0.2) is 5.01 Å². The van der Waals surface area contributed by atoms with Crippen molar-refractivity contribution in [1.82, 2.24) is 9.97 Å². The van der Waals surface area contributed by atoms with Crippen molar-refractivity contribution in [3.63, 3.8) is 0 Å². The molecule has 0 saturated heterocycles. The van der Waals surface area contributed by atoms with Crippen LogP contribution >= 0.6 is 11.3 Å². The molecule has 0 saturated carbocycles. The van der Waals surface area contributed by atoms with Gasteiger partial charge in [0.1, 0.15) is 11.6 Å². The highest BCUT2D eigenvalue weighted by Gasteiger charge is 2.21. The molecular formula is C15H12F2N2O2S. The minimum atomic E-state index is -0.754. The zero-order chi connectivity index (χ0) is 15.9. The molecule has 0 amide bonds. The van der Waals surface area contributed by atoms with E-state index in [0.29, 0.717) is 12.1 Å². The lowest BCUT2D eigenvalue weighted by Crippen LogP contribution is -2.02. The van der Waals surface area contributed by atoms with Crippen LogP contribution in [0.4, 0.5) is 8.78 Å². The van der Waals surface area contributed by atoms with Crippen molar-refractivity contribution in [3.8, 4) is 0 Å². The summed E-state index contributed by atoms with van der Waals surface area (Å²) >= 11 is 1.09. The molecule has 0 aliphatic carbocycles. The first-order chi connectivity index (χ1) is 10.5. The van der Waals surface area contributed by atoms with Crippen molar-refractivity contribution >= 4 is 28.0 Å². The van der Waals surface area contributed by atoms with E-state index in [-0.39, 0.29) is 21.5 Å². The van der Waals surface area contributed by atoms with Gasteiger partial charge in [-0.1, -0.05) is 6.92 Å². The Morgan fingerprint density at radius 2 is 2.23 bits per heavy atom. The minimum Gasteiger partial charge on any atom is -0.387 e. The smallest absolute Gasteiger partial charge is 0.223 e. The summed E-state index contributed by atoms with van der Waals surface area (Å²) in [6, 6.07) is 1.86. The van der Waals surface area contributed by atoms with Crippen LogP contribution in [0, 0.1) is 11.6 Å². The molecule has 3 aromatic rings. The quantitative estimate of drug-likeness (QED) is 0.722. The summed E-state index contributed by atoms with van der Waals surface area (Å²) in [7, 11) is 0. The van der Waals surface area contributed by atoms with E-state index in [9.17, 15) is 18.7 Å². The average molecular weight is 322 g/mol. The van der Waals surface area contributed by atoms with Crippen molar-refractivity contribution in [2.45, 2.75) is 19.4 Å². The fourth-order valence-corrected chi connectivity index (χ4v) is 3.03. The van der Waals surface area contributed by atoms with Crippen LogP contribution in [0.3, 0.4) is 0 Å². The maximum atomic E-state index is 13.7. The number of halogens is 2. The topological polar surface area (TPSA) is 66.0 Å². The lowest BCUT2D eigenvalue weighted by molar-refractivity contribution is 0.103. The second-order valence-corrected chi connectivity index (χ2v) is 5.70. The predicted molar refractivity (Wildman–Crippen MR) is 79.0 cm³/mol. The van der Waals surface area contributed by atoms with Crippen molar-refractivity contribution in [1.29, 1.82) is 0 Å². The number of aliphatic hydroxyl groups is 1. The molecule has 7 heteroatoms. The number of aromatic nitrogens is 2. The van der Waals surface area contributed by atoms with Gasteiger partial charge in [-0.25, -0.2) is 13.8 Å². The molecule has 0 spiro atoms. The lowest BCUT2D eigenvalue weighted by atomic mass is 10.1. The zero-order valence-electron chi connectivity index (χ0n) is 11.6. The van der Waals surface area contributed by atoms with E-state index >= 15 is 0 Å². The Balaban J connectivity index is 2.04. The number of benzene rings is 1. The van der Waals surface area contributed by atoms with Gasteiger partial charge in [0, 0.05) is 23.0 Å². The molecule has 1 atom stereocenters. The fourth-order valence-electron chi connectivity index (χ4n) is 2.21. The number of rotatable bonds is 4. The van der Waals surface area contributed by atoms with E-state index < -0.39 is 23.5 Å². The Kier molecular flexibility index (Phi) is 3.76. The molecule has 114 valence electrons. The number of nitrogens with zero attached hydrogens (tertiary/aromatic N) is 1. The number of fused-ring (bicyclic) bond motifs is 1. The Bertz CT molecular complexity index is 856. The molecule has 0 bridgehead atoms. The summed E-state index contributed by atoms with van der Waals surface area (Å²) in [5, 5.41) is 11.7. The van der Waals surface area contributed by atoms with E-state index in [1.807, 2.05) is 0 Å². The Morgan fingerprint density at radius 3 is 2.95 bits per heavy atom. The van der Waals surface area contributed by atoms with Gasteiger partial charge in [-0.3, -0.25) is 4.79 Å². The minimum absolute atomic E-state index is 0.0788. The largest absolute Gasteiger partial charge is 0.387 e. The summed E-state index contributed by atoms with van der Waals surface area (Å²) in [5.41, 5.74) is 0.656. The van der Waals surface area contributed by atoms with E-state index in [0.717, 1.165) is 23.5 Å². The number of H-pyrrole nitrogens is 1. The van der Waals surface area contributed by atoms with Crippen LogP contribution < -0.4 is 0 Å². The van der Waals surface area contributed by atoms with Crippen molar-refractivity contribution in [2.75, 3.05) is 0 Å². The van der Waals surface area contributed by atoms with Gasteiger partial charge >= 0.3 is 0 Å². The monoisotopic (exact) mass is 322 g/mol. The highest BCUT2D eigenvalue weighted by Crippen LogP contribution is 2.27. The highest BCUT2D eigenvalue weighted by molar-refractivity contribution is 7.12. The van der Waals surface area contributed by atoms with Crippen LogP contribution in [0.2, 0.25) is 0 Å². The Labute approximate surface area is 128 Å². The number of carbonyl (C=O) groups is 1. The molecule has 1 aromatic carbocycles. The first-order valence-corrected chi connectivity index (χ1v) is 7.53. The summed E-state index contributed by atoms with van der Waals surface area (Å²) in [6.07, 6.45) is 1.10. The summed E-state index contributed by atoms with van der Waals surface area (Å²) in [5.74, 6) is -1.94. The number of hydrogen-bond donors (Lipinski definition) is 2. The van der Waals surface area contributed by atoms with E-state index in [2.05, 4.69) is 9.97 Å². The SMILES string of the molecule is CC[C@@H](O)c1csc(C(=O)c2c[nH]c3c(F)cc(F)cc23)n1. The average Bonchev–Trinajstić information content (AvgIpc) is 3.12. The molecule has 0 aliphatic rings. The predicted octanol–water partition coefficient (Wildman–Crippen LogP) is 3.58. The third kappa shape index (κ3) is 2.42. The van der Waals surface area contributed by atoms with Crippen molar-refractivity contribution in [3.05, 3.63) is 51.6 Å². The van der Waals surface area contributed by atoms with Gasteiger partial charge in [0.2, 0.25) is 5.78 Å². The molecule has 0 fully saturated rings. The van der Waals surface area contributed by atoms with Gasteiger partial charge in [-0.15, -0.1) is 11.3 Å². The van der Waals surface area contributed by atoms with Crippen LogP contribution in [0.15, 0.2) is 23.7 Å². The Hall–Kier alpha value is -2.12. The number of nitrogens with one attached hydrogen (secondary N) is 1. The fraction of sp³-hybridized carbons (Fsp3) is 0.200. The van der Waals surface area contributed by atoms with Crippen molar-refractivity contribution < 1.29 is 18.7 Å². The van der Waals surface area contributed by atoms with Crippen molar-refractivity contribution in [2.24, 2.45) is 0 Å². The first kappa shape index (κ1) is 14.8. The van der Waals surface area contributed by atoms with Crippen LogP contribution in [0.1, 0.15) is 40.5 Å². The molecule has 2 heterocycles. The van der Waals surface area contributed by atoms with Crippen LogP contribution in [-0.4, -0.2) is 20.9 Å². The molecule has 4 nitrogen and oxygen atoms in total. The molecule has 0 radical (unpaired) electrons. The highest BCUT2D eigenvalue weighted by atomic mass is 32.1. The molecule has 2 aromatic heterocycles. The second-order valence-electron chi connectivity index (χ2n) is 4.84. The van der Waals surface area contributed by atoms with Crippen LogP contribution in [0.5, 0.6) is 0 Å². The Morgan fingerprint density at radius 1 is 1.45 bits per heavy atom. The number of thiazole rings is 1. The molecule has 0 aliphatic heterocycles. The number of aromatic amines is 1. The molecule has 2 N–H and O–H groups in total. The van der Waals surface area contributed by atoms with E-state index in [1.54, 1.807) is 12.3 Å².